The zero-order valence-electron chi connectivity index (χ0n) is 29.5. The van der Waals surface area contributed by atoms with E-state index in [-0.39, 0.29) is 11.8 Å². The van der Waals surface area contributed by atoms with Gasteiger partial charge in [-0.05, 0) is 125 Å². The van der Waals surface area contributed by atoms with Crippen molar-refractivity contribution in [2.24, 2.45) is 14.1 Å². The molecule has 9 heteroatoms. The number of benzene rings is 2. The van der Waals surface area contributed by atoms with Crippen LogP contribution in [0.2, 0.25) is 0 Å². The largest absolute Gasteiger partial charge is 0.492 e. The van der Waals surface area contributed by atoms with Crippen LogP contribution in [-0.4, -0.2) is 52.1 Å². The van der Waals surface area contributed by atoms with E-state index in [1.54, 1.807) is 14.1 Å². The van der Waals surface area contributed by atoms with E-state index in [0.29, 0.717) is 24.4 Å². The number of rotatable bonds is 2. The minimum absolute atomic E-state index is 0.0940. The van der Waals surface area contributed by atoms with Gasteiger partial charge in [0.05, 0.1) is 18.0 Å². The highest BCUT2D eigenvalue weighted by atomic mass is 16.5. The van der Waals surface area contributed by atoms with Crippen LogP contribution in [0.5, 0.6) is 5.75 Å². The molecule has 46 heavy (non-hydrogen) atoms. The molecule has 1 aliphatic carbocycles. The van der Waals surface area contributed by atoms with E-state index in [0.717, 1.165) is 53.1 Å². The smallest absolute Gasteiger partial charge is 0.271 e. The van der Waals surface area contributed by atoms with Crippen LogP contribution >= 0.6 is 0 Å². The van der Waals surface area contributed by atoms with Gasteiger partial charge in [0.1, 0.15) is 5.75 Å². The molecule has 0 saturated heterocycles. The Balaban J connectivity index is 0.000000181. The van der Waals surface area contributed by atoms with Crippen LogP contribution in [0.15, 0.2) is 0 Å². The van der Waals surface area contributed by atoms with Crippen LogP contribution in [0.3, 0.4) is 0 Å². The molecule has 0 spiro atoms. The van der Waals surface area contributed by atoms with E-state index >= 15 is 0 Å². The van der Waals surface area contributed by atoms with Crippen molar-refractivity contribution in [2.75, 3.05) is 20.7 Å². The van der Waals surface area contributed by atoms with Gasteiger partial charge in [-0.15, -0.1) is 0 Å². The first-order valence-corrected chi connectivity index (χ1v) is 16.2. The van der Waals surface area contributed by atoms with Crippen LogP contribution < -0.4 is 15.4 Å². The van der Waals surface area contributed by atoms with Crippen molar-refractivity contribution in [2.45, 2.75) is 81.1 Å². The van der Waals surface area contributed by atoms with Gasteiger partial charge in [0.25, 0.3) is 11.8 Å². The zero-order valence-corrected chi connectivity index (χ0v) is 29.5. The Morgan fingerprint density at radius 1 is 0.587 bits per heavy atom. The Bertz CT molecular complexity index is 1770. The lowest BCUT2D eigenvalue weighted by atomic mass is 9.86. The number of aryl methyl sites for hydroxylation is 2. The SMILES string of the molecule is CNC(=O)c1nn(C)c2c1CCCc1c(C)c(C)c(C)c(C)c1-2.CNC(=O)c1nn(C)c2c1CCOc1c(C)c(C)c(C)c(C)c1-2. The molecule has 0 radical (unpaired) electrons. The fourth-order valence-electron chi connectivity index (χ4n) is 7.30. The summed E-state index contributed by atoms with van der Waals surface area (Å²) in [6.07, 6.45) is 3.69. The molecule has 2 N–H and O–H groups in total. The van der Waals surface area contributed by atoms with Crippen molar-refractivity contribution in [1.29, 1.82) is 0 Å². The summed E-state index contributed by atoms with van der Waals surface area (Å²) >= 11 is 0. The van der Waals surface area contributed by atoms with E-state index in [9.17, 15) is 9.59 Å². The Morgan fingerprint density at radius 3 is 1.57 bits per heavy atom. The second-order valence-corrected chi connectivity index (χ2v) is 12.8. The van der Waals surface area contributed by atoms with Crippen molar-refractivity contribution < 1.29 is 14.3 Å². The Hall–Kier alpha value is -4.40. The summed E-state index contributed by atoms with van der Waals surface area (Å²) in [4.78, 5) is 24.4. The second-order valence-electron chi connectivity index (χ2n) is 12.8. The lowest BCUT2D eigenvalue weighted by Crippen LogP contribution is -2.20. The number of amides is 2. The first-order valence-electron chi connectivity index (χ1n) is 16.2. The van der Waals surface area contributed by atoms with Crippen LogP contribution in [0.25, 0.3) is 22.5 Å². The maximum atomic E-state index is 12.2. The van der Waals surface area contributed by atoms with Gasteiger partial charge >= 0.3 is 0 Å². The third kappa shape index (κ3) is 5.10. The molecule has 9 nitrogen and oxygen atoms in total. The Morgan fingerprint density at radius 2 is 1.02 bits per heavy atom. The first kappa shape index (κ1) is 33.0. The minimum Gasteiger partial charge on any atom is -0.492 e. The minimum atomic E-state index is -0.150. The number of hydrogen-bond donors (Lipinski definition) is 2. The molecule has 3 heterocycles. The average molecular weight is 625 g/mol. The normalized spacial score (nSPS) is 13.1. The molecular weight excluding hydrogens is 576 g/mol. The summed E-state index contributed by atoms with van der Waals surface area (Å²) in [6, 6.07) is 0. The maximum absolute atomic E-state index is 12.2. The first-order chi connectivity index (χ1) is 21.8. The van der Waals surface area contributed by atoms with Gasteiger partial charge < -0.3 is 15.4 Å². The molecule has 0 saturated carbocycles. The number of carbonyl (C=O) groups excluding carboxylic acids is 2. The molecule has 0 unspecified atom stereocenters. The molecule has 0 fully saturated rings. The van der Waals surface area contributed by atoms with Gasteiger partial charge in [-0.1, -0.05) is 0 Å². The number of fused-ring (bicyclic) bond motifs is 6. The molecule has 0 atom stereocenters. The van der Waals surface area contributed by atoms with Crippen LogP contribution in [0.4, 0.5) is 0 Å². The summed E-state index contributed by atoms with van der Waals surface area (Å²) < 4.78 is 9.80. The van der Waals surface area contributed by atoms with Gasteiger partial charge in [0.15, 0.2) is 11.4 Å². The maximum Gasteiger partial charge on any atom is 0.271 e. The van der Waals surface area contributed by atoms with E-state index in [1.807, 2.05) is 23.5 Å². The molecule has 2 aromatic heterocycles. The zero-order chi connectivity index (χ0) is 33.8. The van der Waals surface area contributed by atoms with Gasteiger partial charge in [-0.25, -0.2) is 0 Å². The molecule has 2 amide bonds. The highest BCUT2D eigenvalue weighted by Gasteiger charge is 2.30. The fraction of sp³-hybridized carbons (Fsp3) is 0.459. The van der Waals surface area contributed by atoms with Crippen LogP contribution in [0.1, 0.15) is 88.6 Å². The summed E-state index contributed by atoms with van der Waals surface area (Å²) in [7, 11) is 7.14. The van der Waals surface area contributed by atoms with E-state index in [2.05, 4.69) is 76.2 Å². The summed E-state index contributed by atoms with van der Waals surface area (Å²) in [6.45, 7) is 17.9. The standard InChI is InChI=1S/C19H25N3O.C18H23N3O2/c1-10-11(2)13(4)16-14(12(10)3)8-7-9-15-17(19(23)20-5)21-22(6)18(15)16;1-9-10(2)12(4)17-14(11(9)3)16-13(7-8-23-17)15(18(22)19-5)20-21(16)6/h7-9H2,1-6H3,(H,20,23);7-8H2,1-6H3,(H,19,22). The van der Waals surface area contributed by atoms with Gasteiger partial charge in [-0.2, -0.15) is 10.2 Å². The third-order valence-electron chi connectivity index (χ3n) is 10.5. The Kier molecular flexibility index (Phi) is 8.90. The number of nitrogens with one attached hydrogen (secondary N) is 2. The molecular formula is C37H48N6O3. The average Bonchev–Trinajstić information content (AvgIpc) is 3.35. The quantitative estimate of drug-likeness (QED) is 0.294. The third-order valence-corrected chi connectivity index (χ3v) is 10.5. The van der Waals surface area contributed by atoms with Gasteiger partial charge in [-0.3, -0.25) is 19.0 Å². The topological polar surface area (TPSA) is 103 Å². The molecule has 2 aliphatic rings. The van der Waals surface area contributed by atoms with Gasteiger partial charge in [0.2, 0.25) is 0 Å². The number of aromatic nitrogens is 4. The summed E-state index contributed by atoms with van der Waals surface area (Å²) in [5.74, 6) is 0.683. The van der Waals surface area contributed by atoms with Crippen LogP contribution in [-0.2, 0) is 33.4 Å². The van der Waals surface area contributed by atoms with Crippen molar-refractivity contribution in [3.8, 4) is 28.3 Å². The highest BCUT2D eigenvalue weighted by molar-refractivity contribution is 5.97. The number of carbonyl (C=O) groups is 2. The van der Waals surface area contributed by atoms with E-state index in [1.165, 1.54) is 55.6 Å². The molecule has 244 valence electrons. The molecule has 1 aliphatic heterocycles. The predicted octanol–water partition coefficient (Wildman–Crippen LogP) is 5.78. The van der Waals surface area contributed by atoms with Crippen molar-refractivity contribution in [1.82, 2.24) is 30.2 Å². The fourth-order valence-corrected chi connectivity index (χ4v) is 7.30. The second kappa shape index (κ2) is 12.4. The predicted molar refractivity (Wildman–Crippen MR) is 183 cm³/mol. The van der Waals surface area contributed by atoms with Crippen molar-refractivity contribution in [3.05, 3.63) is 72.6 Å². The Labute approximate surface area is 272 Å². The molecule has 4 aromatic rings. The monoisotopic (exact) mass is 624 g/mol. The molecule has 0 bridgehead atoms. The number of nitrogens with zero attached hydrogens (tertiary/aromatic N) is 4. The van der Waals surface area contributed by atoms with E-state index < -0.39 is 0 Å². The summed E-state index contributed by atoms with van der Waals surface area (Å²) in [5, 5.41) is 14.4. The lowest BCUT2D eigenvalue weighted by Gasteiger charge is -2.20. The van der Waals surface area contributed by atoms with Gasteiger partial charge in [0, 0.05) is 56.9 Å². The summed E-state index contributed by atoms with van der Waals surface area (Å²) in [5.41, 5.74) is 19.4. The lowest BCUT2D eigenvalue weighted by molar-refractivity contribution is 0.0948. The van der Waals surface area contributed by atoms with Crippen molar-refractivity contribution >= 4 is 11.8 Å². The van der Waals surface area contributed by atoms with Crippen LogP contribution in [0, 0.1) is 55.4 Å². The number of ether oxygens (including phenoxy) is 1. The molecule has 2 aromatic carbocycles. The highest BCUT2D eigenvalue weighted by Crippen LogP contribution is 2.44. The van der Waals surface area contributed by atoms with E-state index in [4.69, 9.17) is 4.74 Å². The molecule has 6 rings (SSSR count). The van der Waals surface area contributed by atoms with Crippen molar-refractivity contribution in [3.63, 3.8) is 0 Å². The number of hydrogen-bond acceptors (Lipinski definition) is 5.